The molecule has 0 unspecified atom stereocenters. The largest absolute Gasteiger partial charge is 0.301 e. The summed E-state index contributed by atoms with van der Waals surface area (Å²) in [6.45, 7) is 7.65. The maximum atomic E-state index is 11.9. The van der Waals surface area contributed by atoms with Crippen LogP contribution in [-0.4, -0.2) is 26.8 Å². The molecule has 0 bridgehead atoms. The summed E-state index contributed by atoms with van der Waals surface area (Å²) in [5, 5.41) is 21.8. The third kappa shape index (κ3) is 4.27. The Balaban J connectivity index is 1.96. The lowest BCUT2D eigenvalue weighted by molar-refractivity contribution is -0.115. The van der Waals surface area contributed by atoms with Gasteiger partial charge in [-0.2, -0.15) is 5.26 Å². The third-order valence-corrected chi connectivity index (χ3v) is 5.15. The number of aromatic nitrogens is 3. The van der Waals surface area contributed by atoms with E-state index in [1.165, 1.54) is 23.1 Å². The summed E-state index contributed by atoms with van der Waals surface area (Å²) in [4.78, 5) is 16.4. The number of nitriles is 1. The van der Waals surface area contributed by atoms with E-state index in [9.17, 15) is 10.1 Å². The highest BCUT2D eigenvalue weighted by molar-refractivity contribution is 7.99. The molecule has 0 spiro atoms. The van der Waals surface area contributed by atoms with Gasteiger partial charge in [-0.05, 0) is 38.8 Å². The average molecular weight is 347 g/mol. The van der Waals surface area contributed by atoms with Gasteiger partial charge in [0.15, 0.2) is 0 Å². The van der Waals surface area contributed by atoms with Crippen LogP contribution in [0.4, 0.5) is 5.13 Å². The van der Waals surface area contributed by atoms with E-state index in [-0.39, 0.29) is 5.91 Å². The molecule has 2 rings (SSSR count). The number of hydrogen-bond acceptors (Lipinski definition) is 7. The zero-order valence-electron chi connectivity index (χ0n) is 13.4. The van der Waals surface area contributed by atoms with Crippen LogP contribution in [0.5, 0.6) is 0 Å². The molecule has 0 aliphatic heterocycles. The number of thioether (sulfide) groups is 1. The number of nitrogens with zero attached hydrogens (tertiary/aromatic N) is 4. The standard InChI is InChI=1S/C15H17N5OS2/c1-8-9(2)12(7-16)14(17-10(8)3)22-6-5-13(21)18-15-20-19-11(4)23-15/h5-6H2,1-4H3,(H,18,20,21). The van der Waals surface area contributed by atoms with Crippen molar-refractivity contribution in [1.82, 2.24) is 15.2 Å². The van der Waals surface area contributed by atoms with Gasteiger partial charge in [-0.3, -0.25) is 4.79 Å². The molecule has 1 amide bonds. The highest BCUT2D eigenvalue weighted by atomic mass is 32.2. The molecule has 0 fully saturated rings. The molecule has 0 radical (unpaired) electrons. The fourth-order valence-corrected chi connectivity index (χ4v) is 3.55. The van der Waals surface area contributed by atoms with Crippen LogP contribution < -0.4 is 5.32 Å². The lowest BCUT2D eigenvalue weighted by Crippen LogP contribution is -2.12. The molecule has 2 heterocycles. The molecule has 0 saturated carbocycles. The Morgan fingerprint density at radius 3 is 2.61 bits per heavy atom. The SMILES string of the molecule is Cc1nnc(NC(=O)CCSc2nc(C)c(C)c(C)c2C#N)s1. The van der Waals surface area contributed by atoms with Crippen LogP contribution in [0.15, 0.2) is 5.03 Å². The summed E-state index contributed by atoms with van der Waals surface area (Å²) in [5.41, 5.74) is 3.50. The highest BCUT2D eigenvalue weighted by Crippen LogP contribution is 2.26. The van der Waals surface area contributed by atoms with Gasteiger partial charge in [0.25, 0.3) is 0 Å². The molecular formula is C15H17N5OS2. The van der Waals surface area contributed by atoms with Gasteiger partial charge in [0, 0.05) is 17.9 Å². The van der Waals surface area contributed by atoms with Gasteiger partial charge < -0.3 is 5.32 Å². The number of pyridine rings is 1. The summed E-state index contributed by atoms with van der Waals surface area (Å²) in [6.07, 6.45) is 0.321. The van der Waals surface area contributed by atoms with Crippen LogP contribution in [0.3, 0.4) is 0 Å². The van der Waals surface area contributed by atoms with Crippen molar-refractivity contribution < 1.29 is 4.79 Å². The number of nitrogens with one attached hydrogen (secondary N) is 1. The molecule has 0 aliphatic carbocycles. The van der Waals surface area contributed by atoms with Gasteiger partial charge in [-0.1, -0.05) is 11.3 Å². The Bertz CT molecular complexity index is 779. The van der Waals surface area contributed by atoms with Crippen LogP contribution >= 0.6 is 23.1 Å². The van der Waals surface area contributed by atoms with Crippen molar-refractivity contribution in [3.8, 4) is 6.07 Å². The fourth-order valence-electron chi connectivity index (χ4n) is 1.92. The Hall–Kier alpha value is -1.98. The number of amides is 1. The molecule has 1 N–H and O–H groups in total. The number of anilines is 1. The first-order valence-corrected chi connectivity index (χ1v) is 8.83. The van der Waals surface area contributed by atoms with Gasteiger partial charge >= 0.3 is 0 Å². The third-order valence-electron chi connectivity index (χ3n) is 3.42. The molecule has 6 nitrogen and oxygen atoms in total. The van der Waals surface area contributed by atoms with E-state index >= 15 is 0 Å². The fraction of sp³-hybridized carbons (Fsp3) is 0.400. The average Bonchev–Trinajstić information content (AvgIpc) is 2.90. The van der Waals surface area contributed by atoms with Gasteiger partial charge in [-0.15, -0.1) is 22.0 Å². The smallest absolute Gasteiger partial charge is 0.227 e. The van der Waals surface area contributed by atoms with E-state index in [1.807, 2.05) is 27.7 Å². The maximum absolute atomic E-state index is 11.9. The lowest BCUT2D eigenvalue weighted by atomic mass is 10.1. The molecule has 0 aromatic carbocycles. The van der Waals surface area contributed by atoms with Gasteiger partial charge in [0.2, 0.25) is 11.0 Å². The number of aryl methyl sites for hydroxylation is 2. The van der Waals surface area contributed by atoms with Crippen molar-refractivity contribution >= 4 is 34.1 Å². The monoisotopic (exact) mass is 347 g/mol. The Morgan fingerprint density at radius 1 is 1.26 bits per heavy atom. The van der Waals surface area contributed by atoms with Crippen LogP contribution in [0, 0.1) is 39.0 Å². The maximum Gasteiger partial charge on any atom is 0.227 e. The molecular weight excluding hydrogens is 330 g/mol. The number of hydrogen-bond donors (Lipinski definition) is 1. The predicted molar refractivity (Wildman–Crippen MR) is 91.8 cm³/mol. The van der Waals surface area contributed by atoms with Crippen molar-refractivity contribution in [2.45, 2.75) is 39.1 Å². The molecule has 23 heavy (non-hydrogen) atoms. The molecule has 120 valence electrons. The number of carbonyl (C=O) groups excluding carboxylic acids is 1. The van der Waals surface area contributed by atoms with Gasteiger partial charge in [0.05, 0.1) is 5.56 Å². The molecule has 0 atom stereocenters. The van der Waals surface area contributed by atoms with Crippen LogP contribution in [0.25, 0.3) is 0 Å². The summed E-state index contributed by atoms with van der Waals surface area (Å²) in [7, 11) is 0. The van der Waals surface area contributed by atoms with E-state index in [1.54, 1.807) is 0 Å². The summed E-state index contributed by atoms with van der Waals surface area (Å²) in [5.74, 6) is 0.431. The van der Waals surface area contributed by atoms with E-state index in [4.69, 9.17) is 0 Å². The van der Waals surface area contributed by atoms with E-state index in [0.717, 1.165) is 21.8 Å². The van der Waals surface area contributed by atoms with Crippen LogP contribution in [0.2, 0.25) is 0 Å². The normalized spacial score (nSPS) is 10.4. The van der Waals surface area contributed by atoms with E-state index in [0.29, 0.717) is 27.9 Å². The Kier molecular flexibility index (Phi) is 5.69. The molecule has 2 aromatic heterocycles. The number of rotatable bonds is 5. The van der Waals surface area contributed by atoms with Crippen LogP contribution in [0.1, 0.15) is 33.8 Å². The zero-order valence-corrected chi connectivity index (χ0v) is 15.1. The molecule has 0 saturated heterocycles. The van der Waals surface area contributed by atoms with E-state index < -0.39 is 0 Å². The molecule has 2 aromatic rings. The topological polar surface area (TPSA) is 91.6 Å². The van der Waals surface area contributed by atoms with Gasteiger partial charge in [-0.25, -0.2) is 4.98 Å². The zero-order chi connectivity index (χ0) is 17.0. The minimum absolute atomic E-state index is 0.118. The van der Waals surface area contributed by atoms with Crippen molar-refractivity contribution in [2.24, 2.45) is 0 Å². The van der Waals surface area contributed by atoms with E-state index in [2.05, 4.69) is 26.6 Å². The quantitative estimate of drug-likeness (QED) is 0.835. The Morgan fingerprint density at radius 2 is 2.00 bits per heavy atom. The first-order chi connectivity index (χ1) is 10.9. The Labute approximate surface area is 143 Å². The van der Waals surface area contributed by atoms with Crippen LogP contribution in [-0.2, 0) is 4.79 Å². The second-order valence-corrected chi connectivity index (χ2v) is 7.28. The minimum Gasteiger partial charge on any atom is -0.301 e. The highest BCUT2D eigenvalue weighted by Gasteiger charge is 2.13. The van der Waals surface area contributed by atoms with Crippen molar-refractivity contribution in [1.29, 1.82) is 5.26 Å². The summed E-state index contributed by atoms with van der Waals surface area (Å²) in [6, 6.07) is 2.21. The minimum atomic E-state index is -0.118. The van der Waals surface area contributed by atoms with Crippen molar-refractivity contribution in [3.63, 3.8) is 0 Å². The second kappa shape index (κ2) is 7.53. The van der Waals surface area contributed by atoms with Crippen molar-refractivity contribution in [3.05, 3.63) is 27.4 Å². The summed E-state index contributed by atoms with van der Waals surface area (Å²) < 4.78 is 0. The van der Waals surface area contributed by atoms with Gasteiger partial charge in [0.1, 0.15) is 16.1 Å². The molecule has 8 heteroatoms. The lowest BCUT2D eigenvalue weighted by Gasteiger charge is -2.10. The van der Waals surface area contributed by atoms with Crippen molar-refractivity contribution in [2.75, 3.05) is 11.1 Å². The molecule has 0 aliphatic rings. The number of carbonyl (C=O) groups is 1. The summed E-state index contributed by atoms with van der Waals surface area (Å²) >= 11 is 2.77. The first-order valence-electron chi connectivity index (χ1n) is 7.03. The predicted octanol–water partition coefficient (Wildman–Crippen LogP) is 3.16. The first kappa shape index (κ1) is 17.4. The second-order valence-electron chi connectivity index (χ2n) is 5.01.